The molecule has 0 bridgehead atoms. The first-order valence-electron chi connectivity index (χ1n) is 7.42. The second-order valence-electron chi connectivity index (χ2n) is 5.84. The van der Waals surface area contributed by atoms with Crippen LogP contribution in [0.5, 0.6) is 0 Å². The summed E-state index contributed by atoms with van der Waals surface area (Å²) in [4.78, 5) is 14.3. The van der Waals surface area contributed by atoms with Gasteiger partial charge < -0.3 is 4.42 Å². The fourth-order valence-electron chi connectivity index (χ4n) is 2.95. The maximum absolute atomic E-state index is 11.9. The summed E-state index contributed by atoms with van der Waals surface area (Å²) in [5, 5.41) is 0.995. The summed E-state index contributed by atoms with van der Waals surface area (Å²) in [6.07, 6.45) is 2.41. The topological polar surface area (TPSA) is 71.5 Å². The van der Waals surface area contributed by atoms with Gasteiger partial charge in [-0.05, 0) is 37.9 Å². The van der Waals surface area contributed by atoms with Crippen LogP contribution in [0.1, 0.15) is 35.9 Å². The largest absolute Gasteiger partial charge is 0.451 e. The first-order chi connectivity index (χ1) is 10.2. The second-order valence-corrected chi connectivity index (χ2v) is 5.84. The molecule has 2 aromatic rings. The summed E-state index contributed by atoms with van der Waals surface area (Å²) in [6, 6.07) is 7.74. The van der Waals surface area contributed by atoms with Crippen LogP contribution in [0.2, 0.25) is 0 Å². The molecular weight excluding hydrogens is 266 g/mol. The zero-order chi connectivity index (χ0) is 14.8. The van der Waals surface area contributed by atoms with E-state index in [0.717, 1.165) is 42.1 Å². The van der Waals surface area contributed by atoms with Gasteiger partial charge >= 0.3 is 5.91 Å². The lowest BCUT2D eigenvalue weighted by atomic mass is 9.98. The highest BCUT2D eigenvalue weighted by molar-refractivity contribution is 5.98. The Morgan fingerprint density at radius 2 is 2.10 bits per heavy atom. The van der Waals surface area contributed by atoms with Gasteiger partial charge in [0, 0.05) is 17.5 Å². The Morgan fingerprint density at radius 3 is 2.81 bits per heavy atom. The van der Waals surface area contributed by atoms with E-state index in [-0.39, 0.29) is 5.91 Å². The van der Waals surface area contributed by atoms with Crippen molar-refractivity contribution in [3.05, 3.63) is 35.6 Å². The molecule has 5 heteroatoms. The maximum atomic E-state index is 11.9. The van der Waals surface area contributed by atoms with Crippen LogP contribution in [-0.2, 0) is 6.54 Å². The van der Waals surface area contributed by atoms with Crippen molar-refractivity contribution < 1.29 is 9.21 Å². The smallest absolute Gasteiger partial charge is 0.301 e. The van der Waals surface area contributed by atoms with Crippen LogP contribution in [0.4, 0.5) is 0 Å². The van der Waals surface area contributed by atoms with Crippen LogP contribution in [0.15, 0.2) is 28.7 Å². The van der Waals surface area contributed by atoms with Gasteiger partial charge in [-0.3, -0.25) is 15.1 Å². The number of para-hydroxylation sites is 1. The number of carbonyl (C=O) groups excluding carboxylic acids is 1. The molecule has 0 saturated carbocycles. The third kappa shape index (κ3) is 2.80. The number of nitrogens with two attached hydrogens (primary N) is 1. The molecule has 0 atom stereocenters. The molecular formula is C16H21N3O2. The summed E-state index contributed by atoms with van der Waals surface area (Å²) in [5.41, 5.74) is 3.84. The number of nitrogens with one attached hydrogen (secondary N) is 1. The first kappa shape index (κ1) is 14.1. The highest BCUT2D eigenvalue weighted by atomic mass is 16.3. The molecule has 21 heavy (non-hydrogen) atoms. The van der Waals surface area contributed by atoms with E-state index in [4.69, 9.17) is 10.3 Å². The minimum atomic E-state index is -0.369. The van der Waals surface area contributed by atoms with Gasteiger partial charge in [0.05, 0.1) is 0 Å². The van der Waals surface area contributed by atoms with Crippen LogP contribution in [-0.4, -0.2) is 23.9 Å². The van der Waals surface area contributed by atoms with Crippen molar-refractivity contribution in [1.29, 1.82) is 0 Å². The second kappa shape index (κ2) is 5.87. The van der Waals surface area contributed by atoms with Gasteiger partial charge in [0.2, 0.25) is 0 Å². The lowest BCUT2D eigenvalue weighted by Gasteiger charge is -2.30. The quantitative estimate of drug-likeness (QED) is 0.516. The number of furan rings is 1. The van der Waals surface area contributed by atoms with Crippen molar-refractivity contribution in [3.8, 4) is 0 Å². The highest BCUT2D eigenvalue weighted by Crippen LogP contribution is 2.28. The number of hydrazine groups is 1. The third-order valence-corrected chi connectivity index (χ3v) is 4.29. The molecule has 2 heterocycles. The van der Waals surface area contributed by atoms with Crippen molar-refractivity contribution in [2.24, 2.45) is 11.8 Å². The van der Waals surface area contributed by atoms with Crippen LogP contribution in [0.3, 0.4) is 0 Å². The van der Waals surface area contributed by atoms with E-state index in [1.54, 1.807) is 0 Å². The minimum absolute atomic E-state index is 0.331. The number of amides is 1. The van der Waals surface area contributed by atoms with E-state index in [0.29, 0.717) is 5.76 Å². The molecule has 5 nitrogen and oxygen atoms in total. The summed E-state index contributed by atoms with van der Waals surface area (Å²) in [6.45, 7) is 5.14. The standard InChI is InChI=1S/C16H21N3O2/c1-11-6-8-19(9-7-11)10-13-12-4-2-3-5-14(12)21-15(13)16(20)18-17/h2-5,11H,6-10,17H2,1H3,(H,18,20). The van der Waals surface area contributed by atoms with Crippen molar-refractivity contribution in [2.45, 2.75) is 26.3 Å². The molecule has 1 amide bonds. The number of nitrogens with zero attached hydrogens (tertiary/aromatic N) is 1. The van der Waals surface area contributed by atoms with E-state index in [1.807, 2.05) is 24.3 Å². The molecule has 0 spiro atoms. The van der Waals surface area contributed by atoms with Crippen molar-refractivity contribution >= 4 is 16.9 Å². The Balaban J connectivity index is 1.93. The lowest BCUT2D eigenvalue weighted by molar-refractivity contribution is 0.0924. The van der Waals surface area contributed by atoms with Crippen molar-refractivity contribution in [1.82, 2.24) is 10.3 Å². The number of piperidine rings is 1. The van der Waals surface area contributed by atoms with Gasteiger partial charge in [0.1, 0.15) is 5.58 Å². The van der Waals surface area contributed by atoms with Crippen LogP contribution in [0, 0.1) is 5.92 Å². The number of hydrogen-bond donors (Lipinski definition) is 2. The Morgan fingerprint density at radius 1 is 1.38 bits per heavy atom. The van der Waals surface area contributed by atoms with Gasteiger partial charge in [-0.15, -0.1) is 0 Å². The van der Waals surface area contributed by atoms with Gasteiger partial charge in [0.15, 0.2) is 5.76 Å². The zero-order valence-electron chi connectivity index (χ0n) is 12.3. The minimum Gasteiger partial charge on any atom is -0.451 e. The number of fused-ring (bicyclic) bond motifs is 1. The van der Waals surface area contributed by atoms with Gasteiger partial charge in [0.25, 0.3) is 0 Å². The maximum Gasteiger partial charge on any atom is 0.301 e. The number of rotatable bonds is 3. The summed E-state index contributed by atoms with van der Waals surface area (Å²) in [5.74, 6) is 6.02. The average Bonchev–Trinajstić information content (AvgIpc) is 2.88. The van der Waals surface area contributed by atoms with Gasteiger partial charge in [-0.1, -0.05) is 25.1 Å². The summed E-state index contributed by atoms with van der Waals surface area (Å²) < 4.78 is 5.70. The molecule has 1 fully saturated rings. The molecule has 0 aliphatic carbocycles. The van der Waals surface area contributed by atoms with E-state index >= 15 is 0 Å². The first-order valence-corrected chi connectivity index (χ1v) is 7.42. The van der Waals surface area contributed by atoms with E-state index < -0.39 is 0 Å². The number of nitrogen functional groups attached to an aromatic ring is 1. The molecule has 112 valence electrons. The van der Waals surface area contributed by atoms with Crippen LogP contribution in [0.25, 0.3) is 11.0 Å². The SMILES string of the molecule is CC1CCN(Cc2c(C(=O)NN)oc3ccccc23)CC1. The fraction of sp³-hybridized carbons (Fsp3) is 0.438. The molecule has 1 aliphatic rings. The molecule has 3 rings (SSSR count). The molecule has 1 aromatic heterocycles. The van der Waals surface area contributed by atoms with Gasteiger partial charge in [-0.2, -0.15) is 0 Å². The fourth-order valence-corrected chi connectivity index (χ4v) is 2.95. The Bertz CT molecular complexity index is 642. The molecule has 0 unspecified atom stereocenters. The summed E-state index contributed by atoms with van der Waals surface area (Å²) >= 11 is 0. The van der Waals surface area contributed by atoms with Crippen LogP contribution >= 0.6 is 0 Å². The predicted octanol–water partition coefficient (Wildman–Crippen LogP) is 2.27. The zero-order valence-corrected chi connectivity index (χ0v) is 12.3. The lowest BCUT2D eigenvalue weighted by Crippen LogP contribution is -2.34. The molecule has 1 aliphatic heterocycles. The normalized spacial score (nSPS) is 17.2. The van der Waals surface area contributed by atoms with Crippen molar-refractivity contribution in [3.63, 3.8) is 0 Å². The third-order valence-electron chi connectivity index (χ3n) is 4.29. The Hall–Kier alpha value is -1.85. The van der Waals surface area contributed by atoms with E-state index in [9.17, 15) is 4.79 Å². The number of likely N-dealkylation sites (tertiary alicyclic amines) is 1. The molecule has 3 N–H and O–H groups in total. The molecule has 1 aromatic carbocycles. The van der Waals surface area contributed by atoms with E-state index in [1.165, 1.54) is 12.8 Å². The van der Waals surface area contributed by atoms with Gasteiger partial charge in [-0.25, -0.2) is 5.84 Å². The van der Waals surface area contributed by atoms with Crippen molar-refractivity contribution in [2.75, 3.05) is 13.1 Å². The average molecular weight is 287 g/mol. The summed E-state index contributed by atoms with van der Waals surface area (Å²) in [7, 11) is 0. The number of hydrogen-bond acceptors (Lipinski definition) is 4. The monoisotopic (exact) mass is 287 g/mol. The predicted molar refractivity (Wildman–Crippen MR) is 81.5 cm³/mol. The van der Waals surface area contributed by atoms with Crippen LogP contribution < -0.4 is 11.3 Å². The number of benzene rings is 1. The molecule has 0 radical (unpaired) electrons. The Labute approximate surface area is 124 Å². The number of carbonyl (C=O) groups is 1. The highest BCUT2D eigenvalue weighted by Gasteiger charge is 2.23. The Kier molecular flexibility index (Phi) is 3.94. The van der Waals surface area contributed by atoms with E-state index in [2.05, 4.69) is 17.2 Å². The molecule has 1 saturated heterocycles.